The maximum atomic E-state index is 15.1. The number of H-pyrrole nitrogens is 1. The number of halogens is 2. The third-order valence-electron chi connectivity index (χ3n) is 7.43. The number of hydrogen-bond acceptors (Lipinski definition) is 5. The fourth-order valence-electron chi connectivity index (χ4n) is 5.55. The van der Waals surface area contributed by atoms with Gasteiger partial charge in [-0.15, -0.1) is 0 Å². The molecule has 0 spiro atoms. The fourth-order valence-corrected chi connectivity index (χ4v) is 5.82. The first-order valence-electron chi connectivity index (χ1n) is 12.4. The van der Waals surface area contributed by atoms with Crippen LogP contribution in [-0.2, 0) is 11.2 Å². The highest BCUT2D eigenvalue weighted by atomic mass is 35.5. The molecular weight excluding hydrogens is 499 g/mol. The molecule has 3 aliphatic heterocycles. The van der Waals surface area contributed by atoms with Crippen LogP contribution in [0.1, 0.15) is 36.4 Å². The molecule has 5 heterocycles. The minimum atomic E-state index is -0.594. The Morgan fingerprint density at radius 1 is 1.27 bits per heavy atom. The largest absolute Gasteiger partial charge is 0.477 e. The normalized spacial score (nSPS) is 22.1. The van der Waals surface area contributed by atoms with E-state index in [4.69, 9.17) is 21.1 Å². The highest BCUT2D eigenvalue weighted by Gasteiger charge is 2.43. The van der Waals surface area contributed by atoms with Crippen molar-refractivity contribution < 1.29 is 18.7 Å². The lowest BCUT2D eigenvalue weighted by molar-refractivity contribution is 0.165. The Morgan fingerprint density at radius 2 is 2.16 bits per heavy atom. The number of urea groups is 1. The van der Waals surface area contributed by atoms with Crippen molar-refractivity contribution in [3.05, 3.63) is 75.0 Å². The molecule has 2 bridgehead atoms. The number of aromatic nitrogens is 2. The zero-order valence-electron chi connectivity index (χ0n) is 20.0. The van der Waals surface area contributed by atoms with Gasteiger partial charge in [-0.25, -0.2) is 14.2 Å². The van der Waals surface area contributed by atoms with Crippen molar-refractivity contribution in [1.29, 1.82) is 0 Å². The van der Waals surface area contributed by atoms with E-state index in [9.17, 15) is 9.59 Å². The predicted molar refractivity (Wildman–Crippen MR) is 136 cm³/mol. The zero-order chi connectivity index (χ0) is 25.5. The van der Waals surface area contributed by atoms with Crippen LogP contribution in [0, 0.1) is 11.7 Å². The van der Waals surface area contributed by atoms with Crippen molar-refractivity contribution in [2.45, 2.75) is 37.8 Å². The predicted octanol–water partition coefficient (Wildman–Crippen LogP) is 4.94. The average Bonchev–Trinajstić information content (AvgIpc) is 3.52. The monoisotopic (exact) mass is 524 g/mol. The molecule has 2 fully saturated rings. The van der Waals surface area contributed by atoms with Gasteiger partial charge >= 0.3 is 6.03 Å². The summed E-state index contributed by atoms with van der Waals surface area (Å²) in [4.78, 5) is 33.7. The molecule has 1 aromatic carbocycles. The maximum Gasteiger partial charge on any atom is 0.322 e. The van der Waals surface area contributed by atoms with Gasteiger partial charge in [0.25, 0.3) is 0 Å². The summed E-state index contributed by atoms with van der Waals surface area (Å²) in [5.41, 5.74) is 2.88. The summed E-state index contributed by atoms with van der Waals surface area (Å²) in [5, 5.41) is 3.00. The van der Waals surface area contributed by atoms with Crippen LogP contribution in [0.5, 0.6) is 5.88 Å². The lowest BCUT2D eigenvalue weighted by Crippen LogP contribution is -2.44. The van der Waals surface area contributed by atoms with Crippen LogP contribution in [-0.4, -0.2) is 46.8 Å². The summed E-state index contributed by atoms with van der Waals surface area (Å²) in [6, 6.07) is 7.25. The number of anilines is 1. The quantitative estimate of drug-likeness (QED) is 0.493. The number of hydrogen-bond donors (Lipinski definition) is 2. The van der Waals surface area contributed by atoms with Crippen molar-refractivity contribution in [3.8, 4) is 17.0 Å². The van der Waals surface area contributed by atoms with E-state index < -0.39 is 5.82 Å². The topological polar surface area (TPSA) is 96.6 Å². The number of rotatable bonds is 5. The van der Waals surface area contributed by atoms with E-state index >= 15 is 4.39 Å². The molecule has 0 saturated carbocycles. The van der Waals surface area contributed by atoms with Crippen LogP contribution in [0.2, 0.25) is 5.02 Å². The minimum absolute atomic E-state index is 0.0112. The highest BCUT2D eigenvalue weighted by Crippen LogP contribution is 2.43. The van der Waals surface area contributed by atoms with E-state index in [1.807, 2.05) is 0 Å². The SMILES string of the molecule is O=C(Nc1cc(Cl)c(-c2ccc(OCC3CCOC3)nc2)cc1F)N1C2CC[C@@H]1c1c[nH]c(=O)cc1C2. The van der Waals surface area contributed by atoms with Crippen molar-refractivity contribution in [3.63, 3.8) is 0 Å². The number of carbonyl (C=O) groups is 1. The van der Waals surface area contributed by atoms with Crippen LogP contribution in [0.4, 0.5) is 14.9 Å². The van der Waals surface area contributed by atoms with Crippen molar-refractivity contribution in [2.75, 3.05) is 25.1 Å². The third kappa shape index (κ3) is 4.69. The molecule has 0 aliphatic carbocycles. The molecular formula is C27H26ClFN4O4. The Labute approximate surface area is 217 Å². The molecule has 8 nitrogen and oxygen atoms in total. The van der Waals surface area contributed by atoms with Gasteiger partial charge in [0.15, 0.2) is 0 Å². The molecule has 2 N–H and O–H groups in total. The van der Waals surface area contributed by atoms with Gasteiger partial charge in [-0.3, -0.25) is 4.79 Å². The van der Waals surface area contributed by atoms with Crippen LogP contribution in [0.15, 0.2) is 47.5 Å². The van der Waals surface area contributed by atoms with Crippen molar-refractivity contribution >= 4 is 23.3 Å². The molecule has 10 heteroatoms. The molecule has 2 saturated heterocycles. The number of ether oxygens (including phenoxy) is 2. The summed E-state index contributed by atoms with van der Waals surface area (Å²) in [6.45, 7) is 2.00. The molecule has 2 unspecified atom stereocenters. The fraction of sp³-hybridized carbons (Fsp3) is 0.370. The Kier molecular flexibility index (Phi) is 6.34. The van der Waals surface area contributed by atoms with Gasteiger partial charge in [-0.2, -0.15) is 0 Å². The molecule has 192 valence electrons. The Bertz CT molecular complexity index is 1390. The van der Waals surface area contributed by atoms with Gasteiger partial charge in [0.05, 0.1) is 30.0 Å². The standard InChI is InChI=1S/C27H26ClFN4O4/c28-21-10-23(32-27(35)33-18-2-3-24(33)20-12-30-25(34)8-17(20)7-18)22(29)9-19(21)16-1-4-26(31-11-16)37-14-15-5-6-36-13-15/h1,4,8-12,15,18,24H,2-3,5-7,13-14H2,(H,30,34)(H,32,35)/t15?,18?,24-/m1/s1. The number of amides is 2. The number of carbonyl (C=O) groups excluding carboxylic acids is 1. The Morgan fingerprint density at radius 3 is 2.95 bits per heavy atom. The third-order valence-corrected chi connectivity index (χ3v) is 7.75. The second kappa shape index (κ2) is 9.79. The van der Waals surface area contributed by atoms with Crippen LogP contribution < -0.4 is 15.6 Å². The van der Waals surface area contributed by atoms with E-state index in [-0.39, 0.29) is 29.4 Å². The summed E-state index contributed by atoms with van der Waals surface area (Å²) >= 11 is 6.51. The van der Waals surface area contributed by atoms with Gasteiger partial charge in [-0.05, 0) is 55.0 Å². The van der Waals surface area contributed by atoms with Gasteiger partial charge in [-0.1, -0.05) is 11.6 Å². The van der Waals surface area contributed by atoms with Crippen LogP contribution in [0.3, 0.4) is 0 Å². The first-order chi connectivity index (χ1) is 18.0. The molecule has 2 aromatic heterocycles. The first kappa shape index (κ1) is 23.9. The number of nitrogens with zero attached hydrogens (tertiary/aromatic N) is 2. The molecule has 3 atom stereocenters. The molecule has 2 amide bonds. The van der Waals surface area contributed by atoms with Gasteiger partial charge in [0.1, 0.15) is 5.82 Å². The van der Waals surface area contributed by atoms with Crippen LogP contribution >= 0.6 is 11.6 Å². The summed E-state index contributed by atoms with van der Waals surface area (Å²) in [7, 11) is 0. The molecule has 0 radical (unpaired) electrons. The summed E-state index contributed by atoms with van der Waals surface area (Å²) in [6.07, 6.45) is 6.47. The minimum Gasteiger partial charge on any atom is -0.477 e. The Balaban J connectivity index is 1.16. The van der Waals surface area contributed by atoms with E-state index in [0.717, 1.165) is 37.0 Å². The summed E-state index contributed by atoms with van der Waals surface area (Å²) in [5.74, 6) is 0.257. The lowest BCUT2D eigenvalue weighted by atomic mass is 9.95. The number of aromatic amines is 1. The van der Waals surface area contributed by atoms with Crippen molar-refractivity contribution in [2.24, 2.45) is 5.92 Å². The lowest BCUT2D eigenvalue weighted by Gasteiger charge is -2.36. The molecule has 3 aromatic rings. The zero-order valence-corrected chi connectivity index (χ0v) is 20.8. The second-order valence-corrected chi connectivity index (χ2v) is 10.2. The average molecular weight is 525 g/mol. The van der Waals surface area contributed by atoms with E-state index in [0.29, 0.717) is 47.6 Å². The van der Waals surface area contributed by atoms with Gasteiger partial charge in [0.2, 0.25) is 11.4 Å². The number of nitrogens with one attached hydrogen (secondary N) is 2. The van der Waals surface area contributed by atoms with Crippen molar-refractivity contribution in [1.82, 2.24) is 14.9 Å². The summed E-state index contributed by atoms with van der Waals surface area (Å²) < 4.78 is 26.2. The number of fused-ring (bicyclic) bond motifs is 4. The smallest absolute Gasteiger partial charge is 0.322 e. The van der Waals surface area contributed by atoms with E-state index in [1.54, 1.807) is 35.5 Å². The Hall–Kier alpha value is -3.43. The first-order valence-corrected chi connectivity index (χ1v) is 12.8. The van der Waals surface area contributed by atoms with Gasteiger partial charge < -0.3 is 24.7 Å². The van der Waals surface area contributed by atoms with Crippen LogP contribution in [0.25, 0.3) is 11.1 Å². The second-order valence-electron chi connectivity index (χ2n) is 9.80. The highest BCUT2D eigenvalue weighted by molar-refractivity contribution is 6.33. The number of benzene rings is 1. The van der Waals surface area contributed by atoms with E-state index in [2.05, 4.69) is 15.3 Å². The van der Waals surface area contributed by atoms with E-state index in [1.165, 1.54) is 12.1 Å². The molecule has 3 aliphatic rings. The number of pyridine rings is 2. The van der Waals surface area contributed by atoms with Gasteiger partial charge in [0, 0.05) is 54.2 Å². The molecule has 37 heavy (non-hydrogen) atoms. The maximum absolute atomic E-state index is 15.1. The molecule has 6 rings (SSSR count).